The third kappa shape index (κ3) is 2.91. The Morgan fingerprint density at radius 3 is 2.78 bits per heavy atom. The summed E-state index contributed by atoms with van der Waals surface area (Å²) in [5.41, 5.74) is 8.83. The first kappa shape index (κ1) is 19.1. The number of aromatic nitrogens is 3. The first-order valence-electron chi connectivity index (χ1n) is 10.8. The maximum Gasteiger partial charge on any atom is 0.261 e. The topological polar surface area (TPSA) is 115 Å². The van der Waals surface area contributed by atoms with E-state index in [9.17, 15) is 9.59 Å². The fourth-order valence-corrected chi connectivity index (χ4v) is 5.32. The number of fused-ring (bicyclic) bond motifs is 3. The summed E-state index contributed by atoms with van der Waals surface area (Å²) in [5.74, 6) is 0.896. The number of hydrogen-bond donors (Lipinski definition) is 2. The van der Waals surface area contributed by atoms with Crippen LogP contribution < -0.4 is 20.7 Å². The van der Waals surface area contributed by atoms with E-state index in [-0.39, 0.29) is 35.2 Å². The first-order valence-corrected chi connectivity index (χ1v) is 10.8. The van der Waals surface area contributed by atoms with E-state index in [1.54, 1.807) is 23.0 Å². The highest BCUT2D eigenvalue weighted by Gasteiger charge is 2.59. The molecule has 1 aromatic carbocycles. The molecule has 3 aliphatic rings. The molecule has 32 heavy (non-hydrogen) atoms. The maximum atomic E-state index is 13.2. The molecule has 2 amide bonds. The molecule has 3 aromatic rings. The Hall–Kier alpha value is -3.62. The Morgan fingerprint density at radius 1 is 1.25 bits per heavy atom. The van der Waals surface area contributed by atoms with E-state index in [2.05, 4.69) is 34.1 Å². The van der Waals surface area contributed by atoms with Crippen molar-refractivity contribution in [1.82, 2.24) is 14.6 Å². The molecule has 0 radical (unpaired) electrons. The van der Waals surface area contributed by atoms with Crippen molar-refractivity contribution < 1.29 is 14.3 Å². The van der Waals surface area contributed by atoms with Crippen LogP contribution in [-0.4, -0.2) is 45.1 Å². The third-order valence-corrected chi connectivity index (χ3v) is 6.82. The number of carbonyl (C=O) groups is 2. The number of piperidine rings is 1. The summed E-state index contributed by atoms with van der Waals surface area (Å²) in [4.78, 5) is 31.3. The van der Waals surface area contributed by atoms with Crippen LogP contribution in [0.2, 0.25) is 0 Å². The molecule has 6 rings (SSSR count). The predicted octanol–water partition coefficient (Wildman–Crippen LogP) is 1.86. The SMILES string of the molecule is CC1(C)Cc2cc(NC(=O)c3cnn4cccnc34)c(N3CC4C(C(N)=O)[C@@H]4C3)cc2O1. The van der Waals surface area contributed by atoms with Gasteiger partial charge in [-0.3, -0.25) is 9.59 Å². The second-order valence-corrected chi connectivity index (χ2v) is 9.58. The lowest BCUT2D eigenvalue weighted by molar-refractivity contribution is -0.119. The lowest BCUT2D eigenvalue weighted by Gasteiger charge is -2.25. The van der Waals surface area contributed by atoms with Gasteiger partial charge in [0.1, 0.15) is 16.9 Å². The lowest BCUT2D eigenvalue weighted by Crippen LogP contribution is -2.29. The average Bonchev–Trinajstić information content (AvgIpc) is 3.07. The molecule has 3 N–H and O–H groups in total. The monoisotopic (exact) mass is 432 g/mol. The van der Waals surface area contributed by atoms with Gasteiger partial charge in [-0.2, -0.15) is 5.10 Å². The van der Waals surface area contributed by atoms with E-state index in [0.29, 0.717) is 11.2 Å². The number of amides is 2. The summed E-state index contributed by atoms with van der Waals surface area (Å²) in [6.07, 6.45) is 5.68. The van der Waals surface area contributed by atoms with Crippen molar-refractivity contribution in [2.75, 3.05) is 23.3 Å². The number of anilines is 2. The van der Waals surface area contributed by atoms with Crippen LogP contribution in [0.1, 0.15) is 29.8 Å². The molecule has 1 aliphatic carbocycles. The zero-order valence-electron chi connectivity index (χ0n) is 17.9. The number of carbonyl (C=O) groups excluding carboxylic acids is 2. The van der Waals surface area contributed by atoms with Crippen molar-refractivity contribution in [2.24, 2.45) is 23.5 Å². The molecular weight excluding hydrogens is 408 g/mol. The molecule has 4 heterocycles. The summed E-state index contributed by atoms with van der Waals surface area (Å²) in [5, 5.41) is 7.30. The minimum atomic E-state index is -0.293. The second kappa shape index (κ2) is 6.44. The van der Waals surface area contributed by atoms with Gasteiger partial charge in [0.15, 0.2) is 5.65 Å². The van der Waals surface area contributed by atoms with Gasteiger partial charge in [-0.25, -0.2) is 9.50 Å². The normalized spacial score (nSPS) is 24.7. The molecule has 0 bridgehead atoms. The molecule has 9 nitrogen and oxygen atoms in total. The zero-order valence-corrected chi connectivity index (χ0v) is 17.9. The van der Waals surface area contributed by atoms with Gasteiger partial charge in [-0.05, 0) is 37.8 Å². The minimum absolute atomic E-state index is 0.0289. The first-order chi connectivity index (χ1) is 15.3. The Kier molecular flexibility index (Phi) is 3.84. The van der Waals surface area contributed by atoms with Crippen molar-refractivity contribution >= 4 is 28.8 Å². The Bertz CT molecular complexity index is 1270. The van der Waals surface area contributed by atoms with Gasteiger partial charge in [0.2, 0.25) is 5.91 Å². The fourth-order valence-electron chi connectivity index (χ4n) is 5.32. The van der Waals surface area contributed by atoms with Crippen LogP contribution in [0.5, 0.6) is 5.75 Å². The lowest BCUT2D eigenvalue weighted by atomic mass is 10.0. The molecular formula is C23H24N6O3. The van der Waals surface area contributed by atoms with Crippen LogP contribution in [-0.2, 0) is 11.2 Å². The molecule has 2 fully saturated rings. The van der Waals surface area contributed by atoms with Crippen molar-refractivity contribution in [3.05, 3.63) is 47.9 Å². The van der Waals surface area contributed by atoms with Crippen molar-refractivity contribution in [3.8, 4) is 5.75 Å². The molecule has 9 heteroatoms. The minimum Gasteiger partial charge on any atom is -0.487 e. The van der Waals surface area contributed by atoms with Crippen LogP contribution in [0.3, 0.4) is 0 Å². The number of hydrogen-bond acceptors (Lipinski definition) is 6. The molecule has 2 aromatic heterocycles. The van der Waals surface area contributed by atoms with Gasteiger partial charge in [0.25, 0.3) is 5.91 Å². The van der Waals surface area contributed by atoms with E-state index in [0.717, 1.165) is 42.2 Å². The number of nitrogens with two attached hydrogens (primary N) is 1. The van der Waals surface area contributed by atoms with E-state index in [4.69, 9.17) is 10.5 Å². The molecule has 1 saturated carbocycles. The van der Waals surface area contributed by atoms with Gasteiger partial charge in [0.05, 0.1) is 17.6 Å². The molecule has 3 atom stereocenters. The Morgan fingerprint density at radius 2 is 2.03 bits per heavy atom. The second-order valence-electron chi connectivity index (χ2n) is 9.58. The zero-order chi connectivity index (χ0) is 22.2. The summed E-state index contributed by atoms with van der Waals surface area (Å²) in [6, 6.07) is 5.78. The number of primary amides is 1. The molecule has 164 valence electrons. The van der Waals surface area contributed by atoms with Gasteiger partial charge in [0, 0.05) is 49.5 Å². The number of nitrogens with zero attached hydrogens (tertiary/aromatic N) is 4. The van der Waals surface area contributed by atoms with Gasteiger partial charge < -0.3 is 20.7 Å². The van der Waals surface area contributed by atoms with Crippen molar-refractivity contribution in [1.29, 1.82) is 0 Å². The van der Waals surface area contributed by atoms with Crippen LogP contribution in [0.4, 0.5) is 11.4 Å². The van der Waals surface area contributed by atoms with Gasteiger partial charge in [-0.1, -0.05) is 0 Å². The van der Waals surface area contributed by atoms with Crippen LogP contribution in [0, 0.1) is 17.8 Å². The maximum absolute atomic E-state index is 13.2. The quantitative estimate of drug-likeness (QED) is 0.650. The van der Waals surface area contributed by atoms with Crippen molar-refractivity contribution in [2.45, 2.75) is 25.9 Å². The highest BCUT2D eigenvalue weighted by Crippen LogP contribution is 2.54. The third-order valence-electron chi connectivity index (χ3n) is 6.82. The number of benzene rings is 1. The summed E-state index contributed by atoms with van der Waals surface area (Å²) in [6.45, 7) is 5.58. The van der Waals surface area contributed by atoms with Crippen LogP contribution >= 0.6 is 0 Å². The van der Waals surface area contributed by atoms with Crippen LogP contribution in [0.25, 0.3) is 5.65 Å². The van der Waals surface area contributed by atoms with E-state index < -0.39 is 0 Å². The van der Waals surface area contributed by atoms with E-state index in [1.165, 1.54) is 6.20 Å². The van der Waals surface area contributed by atoms with E-state index in [1.807, 2.05) is 12.1 Å². The number of rotatable bonds is 4. The number of ether oxygens (including phenoxy) is 1. The largest absolute Gasteiger partial charge is 0.487 e. The average molecular weight is 432 g/mol. The van der Waals surface area contributed by atoms with E-state index >= 15 is 0 Å². The summed E-state index contributed by atoms with van der Waals surface area (Å²) < 4.78 is 7.72. The van der Waals surface area contributed by atoms with Crippen LogP contribution in [0.15, 0.2) is 36.8 Å². The molecule has 1 saturated heterocycles. The highest BCUT2D eigenvalue weighted by atomic mass is 16.5. The fraction of sp³-hybridized carbons (Fsp3) is 0.391. The summed E-state index contributed by atoms with van der Waals surface area (Å²) >= 11 is 0. The Labute approximate surface area is 184 Å². The summed E-state index contributed by atoms with van der Waals surface area (Å²) in [7, 11) is 0. The van der Waals surface area contributed by atoms with Gasteiger partial charge >= 0.3 is 0 Å². The van der Waals surface area contributed by atoms with Crippen molar-refractivity contribution in [3.63, 3.8) is 0 Å². The standard InChI is InChI=1S/C23H24N6O3/c1-23(2)8-12-6-16(27-22(31)13-9-26-29-5-3-4-25-21(13)29)17(7-18(12)32-23)28-10-14-15(11-28)19(14)20(24)30/h3-7,9,14-15,19H,8,10-11H2,1-2H3,(H2,24,30)(H,27,31)/t14-,15?,19?/m1/s1. The van der Waals surface area contributed by atoms with Gasteiger partial charge in [-0.15, -0.1) is 0 Å². The molecule has 2 unspecified atom stereocenters. The highest BCUT2D eigenvalue weighted by molar-refractivity contribution is 6.09. The predicted molar refractivity (Wildman–Crippen MR) is 118 cm³/mol. The Balaban J connectivity index is 1.34. The number of nitrogens with one attached hydrogen (secondary N) is 1. The molecule has 2 aliphatic heterocycles. The molecule has 0 spiro atoms. The smallest absolute Gasteiger partial charge is 0.261 e.